The van der Waals surface area contributed by atoms with Gasteiger partial charge in [-0.25, -0.2) is 4.98 Å². The average Bonchev–Trinajstić information content (AvgIpc) is 2.87. The largest absolute Gasteiger partial charge is 0.467 e. The van der Waals surface area contributed by atoms with Crippen molar-refractivity contribution >= 4 is 5.91 Å². The molecule has 1 aromatic heterocycles. The molecule has 122 valence electrons. The Labute approximate surface area is 124 Å². The molecule has 0 aromatic carbocycles. The molecule has 0 saturated carbocycles. The number of aliphatic hydroxyl groups is 1. The number of hydrogen-bond acceptors (Lipinski definition) is 5. The molecule has 2 heterocycles. The zero-order chi connectivity index (χ0) is 16.2. The number of aliphatic hydroxyl groups excluding tert-OH is 1. The number of halogens is 3. The Morgan fingerprint density at radius 2 is 2.27 bits per heavy atom. The van der Waals surface area contributed by atoms with Gasteiger partial charge in [0.15, 0.2) is 6.61 Å². The third-order valence-electron chi connectivity index (χ3n) is 3.22. The van der Waals surface area contributed by atoms with Crippen LogP contribution >= 0.6 is 0 Å². The second-order valence-electron chi connectivity index (χ2n) is 4.96. The summed E-state index contributed by atoms with van der Waals surface area (Å²) >= 11 is 0. The van der Waals surface area contributed by atoms with Crippen LogP contribution in [0.1, 0.15) is 10.4 Å². The maximum absolute atomic E-state index is 12.2. The molecule has 0 radical (unpaired) electrons. The molecular weight excluding hydrogens is 303 g/mol. The molecule has 3 N–H and O–H groups in total. The fourth-order valence-corrected chi connectivity index (χ4v) is 2.08. The lowest BCUT2D eigenvalue weighted by Crippen LogP contribution is -2.34. The first-order valence-corrected chi connectivity index (χ1v) is 6.68. The van der Waals surface area contributed by atoms with E-state index in [9.17, 15) is 23.1 Å². The summed E-state index contributed by atoms with van der Waals surface area (Å²) < 4.78 is 41.1. The summed E-state index contributed by atoms with van der Waals surface area (Å²) in [5, 5.41) is 15.2. The van der Waals surface area contributed by atoms with Gasteiger partial charge in [-0.05, 0) is 12.1 Å². The molecule has 1 saturated heterocycles. The third kappa shape index (κ3) is 4.57. The second-order valence-corrected chi connectivity index (χ2v) is 4.96. The Bertz CT molecular complexity index is 525. The molecule has 6 nitrogen and oxygen atoms in total. The number of nitrogens with one attached hydrogen (secondary N) is 2. The maximum atomic E-state index is 12.2. The van der Waals surface area contributed by atoms with Crippen LogP contribution in [0, 0.1) is 5.92 Å². The molecule has 1 aromatic rings. The van der Waals surface area contributed by atoms with E-state index in [-0.39, 0.29) is 23.9 Å². The molecule has 2 unspecified atom stereocenters. The number of ether oxygens (including phenoxy) is 1. The quantitative estimate of drug-likeness (QED) is 0.729. The molecule has 9 heteroatoms. The zero-order valence-corrected chi connectivity index (χ0v) is 11.6. The van der Waals surface area contributed by atoms with Crippen molar-refractivity contribution in [1.82, 2.24) is 15.6 Å². The average molecular weight is 319 g/mol. The van der Waals surface area contributed by atoms with Gasteiger partial charge in [0.25, 0.3) is 5.91 Å². The highest BCUT2D eigenvalue weighted by molar-refractivity contribution is 5.96. The number of β-amino-alcohol motifs (C(OH)–C–C–N with tert-alkyl or cyclic N) is 1. The number of pyridine rings is 1. The van der Waals surface area contributed by atoms with Crippen LogP contribution < -0.4 is 15.4 Å². The van der Waals surface area contributed by atoms with Crippen molar-refractivity contribution in [2.24, 2.45) is 5.92 Å². The van der Waals surface area contributed by atoms with E-state index in [1.54, 1.807) is 0 Å². The van der Waals surface area contributed by atoms with E-state index in [1.807, 2.05) is 0 Å². The number of nitrogens with zero attached hydrogens (tertiary/aromatic N) is 1. The van der Waals surface area contributed by atoms with E-state index in [1.165, 1.54) is 18.3 Å². The van der Waals surface area contributed by atoms with Crippen molar-refractivity contribution in [1.29, 1.82) is 0 Å². The van der Waals surface area contributed by atoms with Crippen LogP contribution in [0.25, 0.3) is 0 Å². The Morgan fingerprint density at radius 3 is 2.91 bits per heavy atom. The van der Waals surface area contributed by atoms with Crippen molar-refractivity contribution in [2.75, 3.05) is 26.2 Å². The Balaban J connectivity index is 1.96. The van der Waals surface area contributed by atoms with Gasteiger partial charge < -0.3 is 20.5 Å². The first-order valence-electron chi connectivity index (χ1n) is 6.68. The topological polar surface area (TPSA) is 83.5 Å². The van der Waals surface area contributed by atoms with Crippen LogP contribution in [0.5, 0.6) is 5.88 Å². The van der Waals surface area contributed by atoms with Crippen molar-refractivity contribution in [3.05, 3.63) is 23.9 Å². The molecule has 1 aliphatic heterocycles. The van der Waals surface area contributed by atoms with Crippen LogP contribution in [-0.4, -0.2) is 54.5 Å². The smallest absolute Gasteiger partial charge is 0.422 e. The first-order chi connectivity index (χ1) is 10.4. The molecule has 1 aliphatic rings. The van der Waals surface area contributed by atoms with Gasteiger partial charge in [-0.2, -0.15) is 13.2 Å². The Kier molecular flexibility index (Phi) is 5.19. The second kappa shape index (κ2) is 6.93. The van der Waals surface area contributed by atoms with E-state index in [0.29, 0.717) is 13.1 Å². The fourth-order valence-electron chi connectivity index (χ4n) is 2.08. The van der Waals surface area contributed by atoms with Crippen molar-refractivity contribution < 1.29 is 27.8 Å². The molecular formula is C13H16F3N3O3. The normalized spacial score (nSPS) is 21.6. The first kappa shape index (κ1) is 16.5. The summed E-state index contributed by atoms with van der Waals surface area (Å²) in [6.45, 7) is -0.296. The number of alkyl halides is 3. The van der Waals surface area contributed by atoms with Crippen LogP contribution in [0.3, 0.4) is 0 Å². The van der Waals surface area contributed by atoms with Gasteiger partial charge in [0.05, 0.1) is 6.10 Å². The van der Waals surface area contributed by atoms with Crippen molar-refractivity contribution in [3.63, 3.8) is 0 Å². The van der Waals surface area contributed by atoms with Gasteiger partial charge in [-0.1, -0.05) is 0 Å². The number of carbonyl (C=O) groups is 1. The predicted molar refractivity (Wildman–Crippen MR) is 70.5 cm³/mol. The molecule has 0 aliphatic carbocycles. The predicted octanol–water partition coefficient (Wildman–Crippen LogP) is 0.333. The standard InChI is InChI=1S/C13H16F3N3O3/c14-13(15,16)7-22-12-9(2-1-3-18-12)11(21)19-5-8-4-17-6-10(8)20/h1-3,8,10,17,20H,4-7H2,(H,19,21). The lowest BCUT2D eigenvalue weighted by atomic mass is 10.1. The van der Waals surface area contributed by atoms with Crippen LogP contribution in [-0.2, 0) is 0 Å². The number of hydrogen-bond donors (Lipinski definition) is 3. The lowest BCUT2D eigenvalue weighted by Gasteiger charge is -2.15. The van der Waals surface area contributed by atoms with E-state index in [2.05, 4.69) is 20.4 Å². The third-order valence-corrected chi connectivity index (χ3v) is 3.22. The van der Waals surface area contributed by atoms with Gasteiger partial charge in [0.2, 0.25) is 5.88 Å². The maximum Gasteiger partial charge on any atom is 0.422 e. The molecule has 0 bridgehead atoms. The number of rotatable bonds is 5. The van der Waals surface area contributed by atoms with Gasteiger partial charge >= 0.3 is 6.18 Å². The zero-order valence-electron chi connectivity index (χ0n) is 11.6. The van der Waals surface area contributed by atoms with Crippen LogP contribution in [0.4, 0.5) is 13.2 Å². The van der Waals surface area contributed by atoms with Gasteiger partial charge in [-0.3, -0.25) is 4.79 Å². The molecule has 1 amide bonds. The molecule has 0 spiro atoms. The van der Waals surface area contributed by atoms with Crippen LogP contribution in [0.15, 0.2) is 18.3 Å². The number of carbonyl (C=O) groups excluding carboxylic acids is 1. The summed E-state index contributed by atoms with van der Waals surface area (Å²) in [5.41, 5.74) is -0.0767. The van der Waals surface area contributed by atoms with Crippen molar-refractivity contribution in [2.45, 2.75) is 12.3 Å². The van der Waals surface area contributed by atoms with Crippen LogP contribution in [0.2, 0.25) is 0 Å². The van der Waals surface area contributed by atoms with Gasteiger partial charge in [-0.15, -0.1) is 0 Å². The van der Waals surface area contributed by atoms with E-state index in [0.717, 1.165) is 0 Å². The lowest BCUT2D eigenvalue weighted by molar-refractivity contribution is -0.154. The fraction of sp³-hybridized carbons (Fsp3) is 0.538. The summed E-state index contributed by atoms with van der Waals surface area (Å²) in [6, 6.07) is 2.76. The minimum Gasteiger partial charge on any atom is -0.467 e. The highest BCUT2D eigenvalue weighted by atomic mass is 19.4. The molecule has 2 atom stereocenters. The molecule has 1 fully saturated rings. The van der Waals surface area contributed by atoms with E-state index in [4.69, 9.17) is 0 Å². The van der Waals surface area contributed by atoms with E-state index >= 15 is 0 Å². The monoisotopic (exact) mass is 319 g/mol. The number of aromatic nitrogens is 1. The Hall–Kier alpha value is -1.87. The van der Waals surface area contributed by atoms with Gasteiger partial charge in [0.1, 0.15) is 5.56 Å². The summed E-state index contributed by atoms with van der Waals surface area (Å²) in [5.74, 6) is -1.10. The number of amides is 1. The van der Waals surface area contributed by atoms with Crippen molar-refractivity contribution in [3.8, 4) is 5.88 Å². The minimum absolute atomic E-state index is 0.0767. The molecule has 2 rings (SSSR count). The van der Waals surface area contributed by atoms with Gasteiger partial charge in [0, 0.05) is 31.7 Å². The Morgan fingerprint density at radius 1 is 1.50 bits per heavy atom. The highest BCUT2D eigenvalue weighted by Crippen LogP contribution is 2.20. The van der Waals surface area contributed by atoms with E-state index < -0.39 is 24.8 Å². The molecule has 22 heavy (non-hydrogen) atoms. The summed E-state index contributed by atoms with van der Waals surface area (Å²) in [6.07, 6.45) is -3.83. The summed E-state index contributed by atoms with van der Waals surface area (Å²) in [7, 11) is 0. The highest BCUT2D eigenvalue weighted by Gasteiger charge is 2.30. The SMILES string of the molecule is O=C(NCC1CNCC1O)c1cccnc1OCC(F)(F)F. The minimum atomic E-state index is -4.51. The summed E-state index contributed by atoms with van der Waals surface area (Å²) in [4.78, 5) is 15.7.